The standard InChI is InChI=1S/C14H17NO2/c16-14(17-13-4-2-1-3-5-13)15(12-8-9-12)10-11-6-7-11/h1-5,11-12H,6-10H2. The molecule has 17 heavy (non-hydrogen) atoms. The molecule has 1 amide bonds. The molecule has 3 rings (SSSR count). The van der Waals surface area contributed by atoms with Crippen molar-refractivity contribution >= 4 is 6.09 Å². The number of hydrogen-bond donors (Lipinski definition) is 0. The number of rotatable bonds is 4. The third-order valence-corrected chi connectivity index (χ3v) is 3.32. The van der Waals surface area contributed by atoms with Gasteiger partial charge in [0.05, 0.1) is 0 Å². The maximum Gasteiger partial charge on any atom is 0.415 e. The lowest BCUT2D eigenvalue weighted by molar-refractivity contribution is 0.147. The minimum absolute atomic E-state index is 0.175. The lowest BCUT2D eigenvalue weighted by Crippen LogP contribution is -2.37. The van der Waals surface area contributed by atoms with Gasteiger partial charge in [-0.2, -0.15) is 0 Å². The summed E-state index contributed by atoms with van der Waals surface area (Å²) in [6.07, 6.45) is 4.63. The van der Waals surface area contributed by atoms with E-state index in [0.717, 1.165) is 25.3 Å². The summed E-state index contributed by atoms with van der Waals surface area (Å²) in [7, 11) is 0. The molecule has 0 N–H and O–H groups in total. The fourth-order valence-electron chi connectivity index (χ4n) is 1.99. The zero-order valence-electron chi connectivity index (χ0n) is 9.84. The average Bonchev–Trinajstić information content (AvgIpc) is 3.20. The van der Waals surface area contributed by atoms with E-state index in [1.165, 1.54) is 12.8 Å². The van der Waals surface area contributed by atoms with Gasteiger partial charge in [0.1, 0.15) is 5.75 Å². The van der Waals surface area contributed by atoms with E-state index >= 15 is 0 Å². The van der Waals surface area contributed by atoms with E-state index in [9.17, 15) is 4.79 Å². The molecule has 0 radical (unpaired) electrons. The highest BCUT2D eigenvalue weighted by Gasteiger charge is 2.37. The van der Waals surface area contributed by atoms with Crippen molar-refractivity contribution < 1.29 is 9.53 Å². The van der Waals surface area contributed by atoms with Gasteiger partial charge in [0, 0.05) is 12.6 Å². The molecule has 0 heterocycles. The fourth-order valence-corrected chi connectivity index (χ4v) is 1.99. The second kappa shape index (κ2) is 4.40. The van der Waals surface area contributed by atoms with Crippen LogP contribution in [-0.2, 0) is 0 Å². The van der Waals surface area contributed by atoms with Crippen LogP contribution in [0.3, 0.4) is 0 Å². The Hall–Kier alpha value is -1.51. The van der Waals surface area contributed by atoms with Crippen molar-refractivity contribution in [1.82, 2.24) is 4.90 Å². The Labute approximate surface area is 101 Å². The second-order valence-corrected chi connectivity index (χ2v) is 5.01. The first-order valence-corrected chi connectivity index (χ1v) is 6.36. The molecule has 0 spiro atoms. The molecule has 2 aliphatic rings. The lowest BCUT2D eigenvalue weighted by Gasteiger charge is -2.21. The SMILES string of the molecule is O=C(Oc1ccccc1)N(CC1CC1)C1CC1. The van der Waals surface area contributed by atoms with E-state index in [1.54, 1.807) is 0 Å². The first-order valence-electron chi connectivity index (χ1n) is 6.36. The summed E-state index contributed by atoms with van der Waals surface area (Å²) in [5, 5.41) is 0. The quantitative estimate of drug-likeness (QED) is 0.797. The number of ether oxygens (including phenoxy) is 1. The molecule has 2 saturated carbocycles. The zero-order chi connectivity index (χ0) is 11.7. The average molecular weight is 231 g/mol. The van der Waals surface area contributed by atoms with Crippen molar-refractivity contribution in [1.29, 1.82) is 0 Å². The molecule has 2 fully saturated rings. The van der Waals surface area contributed by atoms with E-state index in [4.69, 9.17) is 4.74 Å². The first-order chi connectivity index (χ1) is 8.33. The van der Waals surface area contributed by atoms with Gasteiger partial charge in [0.15, 0.2) is 0 Å². The van der Waals surface area contributed by atoms with Crippen LogP contribution in [0.25, 0.3) is 0 Å². The molecule has 0 aromatic heterocycles. The van der Waals surface area contributed by atoms with Crippen LogP contribution in [0.1, 0.15) is 25.7 Å². The monoisotopic (exact) mass is 231 g/mol. The zero-order valence-corrected chi connectivity index (χ0v) is 9.84. The Kier molecular flexibility index (Phi) is 2.75. The molecule has 2 aliphatic carbocycles. The summed E-state index contributed by atoms with van der Waals surface area (Å²) in [5.74, 6) is 1.36. The van der Waals surface area contributed by atoms with Gasteiger partial charge in [0.25, 0.3) is 0 Å². The minimum Gasteiger partial charge on any atom is -0.410 e. The van der Waals surface area contributed by atoms with E-state index < -0.39 is 0 Å². The summed E-state index contributed by atoms with van der Waals surface area (Å²) >= 11 is 0. The molecule has 1 aromatic carbocycles. The number of carbonyl (C=O) groups excluding carboxylic acids is 1. The van der Waals surface area contributed by atoms with Crippen LogP contribution in [0, 0.1) is 5.92 Å². The number of carbonyl (C=O) groups is 1. The van der Waals surface area contributed by atoms with Gasteiger partial charge in [-0.1, -0.05) is 18.2 Å². The highest BCUT2D eigenvalue weighted by atomic mass is 16.6. The fraction of sp³-hybridized carbons (Fsp3) is 0.500. The number of hydrogen-bond acceptors (Lipinski definition) is 2. The molecular weight excluding hydrogens is 214 g/mol. The van der Waals surface area contributed by atoms with E-state index in [-0.39, 0.29) is 6.09 Å². The Bertz CT molecular complexity index is 396. The van der Waals surface area contributed by atoms with Gasteiger partial charge in [-0.15, -0.1) is 0 Å². The van der Waals surface area contributed by atoms with Crippen molar-refractivity contribution in [3.8, 4) is 5.75 Å². The van der Waals surface area contributed by atoms with Crippen LogP contribution < -0.4 is 4.74 Å². The van der Waals surface area contributed by atoms with Crippen molar-refractivity contribution in [3.05, 3.63) is 30.3 Å². The summed E-state index contributed by atoms with van der Waals surface area (Å²) in [6.45, 7) is 0.885. The molecule has 0 aliphatic heterocycles. The first kappa shape index (κ1) is 10.6. The van der Waals surface area contributed by atoms with Crippen molar-refractivity contribution in [2.75, 3.05) is 6.54 Å². The van der Waals surface area contributed by atoms with Gasteiger partial charge < -0.3 is 9.64 Å². The van der Waals surface area contributed by atoms with Crippen LogP contribution in [0.5, 0.6) is 5.75 Å². The third-order valence-electron chi connectivity index (χ3n) is 3.32. The molecule has 90 valence electrons. The van der Waals surface area contributed by atoms with Crippen LogP contribution >= 0.6 is 0 Å². The molecular formula is C14H17NO2. The van der Waals surface area contributed by atoms with Gasteiger partial charge in [-0.3, -0.25) is 0 Å². The van der Waals surface area contributed by atoms with E-state index in [2.05, 4.69) is 0 Å². The number of amides is 1. The molecule has 1 aromatic rings. The summed E-state index contributed by atoms with van der Waals surface area (Å²) in [5.41, 5.74) is 0. The Morgan fingerprint density at radius 2 is 1.88 bits per heavy atom. The van der Waals surface area contributed by atoms with E-state index in [1.807, 2.05) is 35.2 Å². The smallest absolute Gasteiger partial charge is 0.410 e. The summed E-state index contributed by atoms with van der Waals surface area (Å²) < 4.78 is 5.39. The summed E-state index contributed by atoms with van der Waals surface area (Å²) in [4.78, 5) is 14.0. The highest BCUT2D eigenvalue weighted by molar-refractivity contribution is 5.71. The van der Waals surface area contributed by atoms with Crippen molar-refractivity contribution in [2.45, 2.75) is 31.7 Å². The third kappa shape index (κ3) is 2.78. The van der Waals surface area contributed by atoms with Crippen LogP contribution in [0.2, 0.25) is 0 Å². The molecule has 0 unspecified atom stereocenters. The maximum atomic E-state index is 12.1. The normalized spacial score (nSPS) is 18.8. The topological polar surface area (TPSA) is 29.5 Å². The molecule has 3 nitrogen and oxygen atoms in total. The minimum atomic E-state index is -0.175. The Morgan fingerprint density at radius 1 is 1.18 bits per heavy atom. The largest absolute Gasteiger partial charge is 0.415 e. The Balaban J connectivity index is 1.62. The van der Waals surface area contributed by atoms with Gasteiger partial charge in [-0.05, 0) is 43.7 Å². The van der Waals surface area contributed by atoms with Crippen molar-refractivity contribution in [3.63, 3.8) is 0 Å². The second-order valence-electron chi connectivity index (χ2n) is 5.01. The highest BCUT2D eigenvalue weighted by Crippen LogP contribution is 2.35. The van der Waals surface area contributed by atoms with Gasteiger partial charge >= 0.3 is 6.09 Å². The lowest BCUT2D eigenvalue weighted by atomic mass is 10.3. The number of benzene rings is 1. The predicted molar refractivity (Wildman–Crippen MR) is 64.9 cm³/mol. The summed E-state index contributed by atoms with van der Waals surface area (Å²) in [6, 6.07) is 9.75. The van der Waals surface area contributed by atoms with Gasteiger partial charge in [0.2, 0.25) is 0 Å². The maximum absolute atomic E-state index is 12.1. The molecule has 0 atom stereocenters. The molecule has 0 saturated heterocycles. The van der Waals surface area contributed by atoms with Crippen LogP contribution in [0.4, 0.5) is 4.79 Å². The van der Waals surface area contributed by atoms with E-state index in [0.29, 0.717) is 11.8 Å². The predicted octanol–water partition coefficient (Wildman–Crippen LogP) is 3.06. The molecule has 0 bridgehead atoms. The van der Waals surface area contributed by atoms with Gasteiger partial charge in [-0.25, -0.2) is 4.79 Å². The number of nitrogens with zero attached hydrogens (tertiary/aromatic N) is 1. The van der Waals surface area contributed by atoms with Crippen LogP contribution in [0.15, 0.2) is 30.3 Å². The van der Waals surface area contributed by atoms with Crippen molar-refractivity contribution in [2.24, 2.45) is 5.92 Å². The van der Waals surface area contributed by atoms with Crippen LogP contribution in [-0.4, -0.2) is 23.6 Å². The molecule has 3 heteroatoms. The number of para-hydroxylation sites is 1. The Morgan fingerprint density at radius 3 is 2.47 bits per heavy atom.